The molecule has 1 aliphatic carbocycles. The lowest BCUT2D eigenvalue weighted by Crippen LogP contribution is -2.33. The van der Waals surface area contributed by atoms with E-state index >= 15 is 0 Å². The molecule has 0 aromatic heterocycles. The smallest absolute Gasteiger partial charge is 0.159 e. The second-order valence-electron chi connectivity index (χ2n) is 4.66. The monoisotopic (exact) mass is 271 g/mol. The molecule has 2 atom stereocenters. The van der Waals surface area contributed by atoms with Gasteiger partial charge in [0.1, 0.15) is 0 Å². The van der Waals surface area contributed by atoms with Crippen molar-refractivity contribution in [3.63, 3.8) is 0 Å². The molecule has 1 nitrogen and oxygen atoms in total. The zero-order valence-corrected chi connectivity index (χ0v) is 11.4. The number of hydrogen-bond donors (Lipinski definition) is 1. The number of rotatable bonds is 5. The molecule has 1 aromatic rings. The molecule has 0 heterocycles. The van der Waals surface area contributed by atoms with Gasteiger partial charge in [-0.1, -0.05) is 19.4 Å². The quantitative estimate of drug-likeness (QED) is 0.875. The summed E-state index contributed by atoms with van der Waals surface area (Å²) in [4.78, 5) is 0. The van der Waals surface area contributed by atoms with E-state index in [-0.39, 0.29) is 0 Å². The Bertz CT molecular complexity index is 397. The largest absolute Gasteiger partial charge is 0.309 e. The van der Waals surface area contributed by atoms with Gasteiger partial charge in [0.05, 0.1) is 0 Å². The topological polar surface area (TPSA) is 12.0 Å². The summed E-state index contributed by atoms with van der Waals surface area (Å²) in [5.74, 6) is -0.409. The van der Waals surface area contributed by atoms with Crippen molar-refractivity contribution in [2.24, 2.45) is 0 Å². The molecule has 0 saturated heterocycles. The van der Waals surface area contributed by atoms with Crippen LogP contribution in [0.25, 0.3) is 0 Å². The van der Waals surface area contributed by atoms with E-state index < -0.39 is 11.6 Å². The maximum absolute atomic E-state index is 13.1. The Balaban J connectivity index is 1.88. The summed E-state index contributed by atoms with van der Waals surface area (Å²) < 4.78 is 25.9. The summed E-state index contributed by atoms with van der Waals surface area (Å²) in [6.45, 7) is 2.79. The van der Waals surface area contributed by atoms with Gasteiger partial charge in [0, 0.05) is 17.8 Å². The van der Waals surface area contributed by atoms with Crippen molar-refractivity contribution in [1.29, 1.82) is 0 Å². The van der Waals surface area contributed by atoms with Crippen LogP contribution in [0.15, 0.2) is 18.2 Å². The van der Waals surface area contributed by atoms with E-state index in [0.29, 0.717) is 17.8 Å². The van der Waals surface area contributed by atoms with Gasteiger partial charge >= 0.3 is 0 Å². The third kappa shape index (κ3) is 3.45. The molecular formula is C14H19F2NS. The summed E-state index contributed by atoms with van der Waals surface area (Å²) in [7, 11) is 0. The highest BCUT2D eigenvalue weighted by atomic mass is 32.2. The summed E-state index contributed by atoms with van der Waals surface area (Å²) >= 11 is 1.99. The number of nitrogens with one attached hydrogen (secondary N) is 1. The molecule has 1 aromatic carbocycles. The molecule has 100 valence electrons. The zero-order chi connectivity index (χ0) is 13.0. The van der Waals surface area contributed by atoms with Gasteiger partial charge < -0.3 is 5.32 Å². The SMILES string of the molecule is CCSC1CCCC1NCc1ccc(F)c(F)c1. The standard InChI is InChI=1S/C14H19F2NS/c1-2-18-14-5-3-4-13(14)17-9-10-6-7-11(15)12(16)8-10/h6-8,13-14,17H,2-5,9H2,1H3. The van der Waals surface area contributed by atoms with Crippen molar-refractivity contribution in [3.8, 4) is 0 Å². The van der Waals surface area contributed by atoms with Gasteiger partial charge in [0.25, 0.3) is 0 Å². The van der Waals surface area contributed by atoms with Gasteiger partial charge in [-0.3, -0.25) is 0 Å². The molecule has 0 spiro atoms. The lowest BCUT2D eigenvalue weighted by molar-refractivity contribution is 0.500. The van der Waals surface area contributed by atoms with Crippen LogP contribution in [-0.4, -0.2) is 17.0 Å². The lowest BCUT2D eigenvalue weighted by Gasteiger charge is -2.20. The predicted octanol–water partition coefficient (Wildman–Crippen LogP) is 3.73. The van der Waals surface area contributed by atoms with Crippen molar-refractivity contribution >= 4 is 11.8 Å². The Kier molecular flexibility index (Phi) is 5.01. The molecular weight excluding hydrogens is 252 g/mol. The maximum Gasteiger partial charge on any atom is 0.159 e. The molecule has 0 bridgehead atoms. The van der Waals surface area contributed by atoms with Crippen LogP contribution in [0.4, 0.5) is 8.78 Å². The Morgan fingerprint density at radius 2 is 2.11 bits per heavy atom. The Morgan fingerprint density at radius 3 is 2.83 bits per heavy atom. The third-order valence-corrected chi connectivity index (χ3v) is 4.71. The maximum atomic E-state index is 13.1. The fraction of sp³-hybridized carbons (Fsp3) is 0.571. The molecule has 0 aliphatic heterocycles. The zero-order valence-electron chi connectivity index (χ0n) is 10.6. The predicted molar refractivity (Wildman–Crippen MR) is 72.8 cm³/mol. The van der Waals surface area contributed by atoms with Gasteiger partial charge in [-0.05, 0) is 36.3 Å². The molecule has 1 fully saturated rings. The minimum absolute atomic E-state index is 0.503. The van der Waals surface area contributed by atoms with E-state index in [2.05, 4.69) is 12.2 Å². The number of hydrogen-bond acceptors (Lipinski definition) is 2. The number of halogens is 2. The molecule has 1 saturated carbocycles. The molecule has 18 heavy (non-hydrogen) atoms. The fourth-order valence-electron chi connectivity index (χ4n) is 2.47. The normalized spacial score (nSPS) is 23.5. The number of benzene rings is 1. The molecule has 0 amide bonds. The molecule has 1 N–H and O–H groups in total. The number of thioether (sulfide) groups is 1. The third-order valence-electron chi connectivity index (χ3n) is 3.39. The molecule has 2 unspecified atom stereocenters. The van der Waals surface area contributed by atoms with Crippen LogP contribution in [0.2, 0.25) is 0 Å². The summed E-state index contributed by atoms with van der Waals surface area (Å²) in [5, 5.41) is 4.14. The van der Waals surface area contributed by atoms with E-state index in [1.165, 1.54) is 31.4 Å². The average molecular weight is 271 g/mol. The first-order valence-electron chi connectivity index (χ1n) is 6.49. The van der Waals surface area contributed by atoms with Crippen LogP contribution in [0.5, 0.6) is 0 Å². The van der Waals surface area contributed by atoms with E-state index in [0.717, 1.165) is 11.3 Å². The van der Waals surface area contributed by atoms with E-state index in [9.17, 15) is 8.78 Å². The average Bonchev–Trinajstić information content (AvgIpc) is 2.79. The van der Waals surface area contributed by atoms with Crippen molar-refractivity contribution in [2.45, 2.75) is 44.0 Å². The van der Waals surface area contributed by atoms with Crippen LogP contribution in [-0.2, 0) is 6.54 Å². The fourth-order valence-corrected chi connectivity index (χ4v) is 3.70. The Hall–Kier alpha value is -0.610. The summed E-state index contributed by atoms with van der Waals surface area (Å²) in [6, 6.07) is 4.61. The van der Waals surface area contributed by atoms with Gasteiger partial charge in [0.2, 0.25) is 0 Å². The van der Waals surface area contributed by atoms with Crippen molar-refractivity contribution in [2.75, 3.05) is 5.75 Å². The van der Waals surface area contributed by atoms with Crippen LogP contribution in [0.3, 0.4) is 0 Å². The lowest BCUT2D eigenvalue weighted by atomic mass is 10.2. The van der Waals surface area contributed by atoms with Crippen LogP contribution in [0.1, 0.15) is 31.7 Å². The van der Waals surface area contributed by atoms with Crippen molar-refractivity contribution in [3.05, 3.63) is 35.4 Å². The summed E-state index contributed by atoms with van der Waals surface area (Å²) in [5.41, 5.74) is 0.807. The molecule has 2 rings (SSSR count). The van der Waals surface area contributed by atoms with Gasteiger partial charge in [-0.2, -0.15) is 11.8 Å². The first-order chi connectivity index (χ1) is 8.70. The van der Waals surface area contributed by atoms with Crippen LogP contribution in [0, 0.1) is 11.6 Å². The Labute approximate surface area is 111 Å². The molecule has 0 radical (unpaired) electrons. The molecule has 4 heteroatoms. The van der Waals surface area contributed by atoms with Gasteiger partial charge in [-0.25, -0.2) is 8.78 Å². The minimum atomic E-state index is -0.779. The second kappa shape index (κ2) is 6.53. The van der Waals surface area contributed by atoms with E-state index in [4.69, 9.17) is 0 Å². The first-order valence-corrected chi connectivity index (χ1v) is 7.54. The van der Waals surface area contributed by atoms with Crippen molar-refractivity contribution in [1.82, 2.24) is 5.32 Å². The first kappa shape index (κ1) is 13.8. The van der Waals surface area contributed by atoms with Crippen LogP contribution < -0.4 is 5.32 Å². The Morgan fingerprint density at radius 1 is 1.28 bits per heavy atom. The van der Waals surface area contributed by atoms with Gasteiger partial charge in [-0.15, -0.1) is 0 Å². The van der Waals surface area contributed by atoms with E-state index in [1.807, 2.05) is 11.8 Å². The molecule has 1 aliphatic rings. The van der Waals surface area contributed by atoms with Crippen LogP contribution >= 0.6 is 11.8 Å². The van der Waals surface area contributed by atoms with Crippen molar-refractivity contribution < 1.29 is 8.78 Å². The second-order valence-corrected chi connectivity index (χ2v) is 6.18. The van der Waals surface area contributed by atoms with Gasteiger partial charge in [0.15, 0.2) is 11.6 Å². The highest BCUT2D eigenvalue weighted by Crippen LogP contribution is 2.30. The summed E-state index contributed by atoms with van der Waals surface area (Å²) in [6.07, 6.45) is 3.70. The minimum Gasteiger partial charge on any atom is -0.309 e. The highest BCUT2D eigenvalue weighted by Gasteiger charge is 2.26. The van der Waals surface area contributed by atoms with E-state index in [1.54, 1.807) is 6.07 Å². The highest BCUT2D eigenvalue weighted by molar-refractivity contribution is 7.99.